The van der Waals surface area contributed by atoms with E-state index < -0.39 is 0 Å². The predicted molar refractivity (Wildman–Crippen MR) is 57.8 cm³/mol. The Kier molecular flexibility index (Phi) is 8.93. The standard InChI is InChI=1S/C6H4N2S.2BH2O2/c1-2-4-6-5(3-1)7-8-9-6;2*2-1-3/h1-4H;2*2-3H. The number of hydrogen-bond donors (Lipinski definition) is 4. The molecule has 0 amide bonds. The topological polar surface area (TPSA) is 107 Å². The SMILES string of the molecule is O[B]O.O[B]O.c1ccc2snnc2c1. The highest BCUT2D eigenvalue weighted by Gasteiger charge is 1.91. The third-order valence-corrected chi connectivity index (χ3v) is 1.86. The number of rotatable bonds is 0. The summed E-state index contributed by atoms with van der Waals surface area (Å²) in [5.74, 6) is 0. The van der Waals surface area contributed by atoms with Crippen molar-refractivity contribution in [3.63, 3.8) is 0 Å². The lowest BCUT2D eigenvalue weighted by Gasteiger charge is -1.78. The van der Waals surface area contributed by atoms with Crippen molar-refractivity contribution in [1.82, 2.24) is 9.59 Å². The maximum atomic E-state index is 7.00. The number of aromatic nitrogens is 2. The van der Waals surface area contributed by atoms with Crippen LogP contribution in [0.25, 0.3) is 10.2 Å². The molecule has 0 saturated carbocycles. The molecule has 0 aliphatic rings. The average molecular weight is 226 g/mol. The minimum absolute atomic E-state index is 0. The molecule has 1 aromatic heterocycles. The lowest BCUT2D eigenvalue weighted by Crippen LogP contribution is -1.75. The van der Waals surface area contributed by atoms with E-state index in [1.54, 1.807) is 0 Å². The van der Waals surface area contributed by atoms with Gasteiger partial charge in [0.05, 0.1) is 4.70 Å². The first-order chi connectivity index (χ1) is 7.29. The summed E-state index contributed by atoms with van der Waals surface area (Å²) < 4.78 is 4.94. The van der Waals surface area contributed by atoms with Gasteiger partial charge in [0.15, 0.2) is 0 Å². The van der Waals surface area contributed by atoms with Crippen LogP contribution in [-0.4, -0.2) is 45.1 Å². The molecular weight excluding hydrogens is 218 g/mol. The van der Waals surface area contributed by atoms with Crippen LogP contribution in [0.3, 0.4) is 0 Å². The van der Waals surface area contributed by atoms with E-state index in [1.165, 1.54) is 11.5 Å². The van der Waals surface area contributed by atoms with Crippen molar-refractivity contribution in [2.45, 2.75) is 0 Å². The Balaban J connectivity index is 0.000000280. The van der Waals surface area contributed by atoms with Crippen LogP contribution in [0.5, 0.6) is 0 Å². The van der Waals surface area contributed by atoms with Gasteiger partial charge < -0.3 is 20.1 Å². The molecule has 9 heteroatoms. The predicted octanol–water partition coefficient (Wildman–Crippen LogP) is -1.30. The van der Waals surface area contributed by atoms with Crippen LogP contribution < -0.4 is 0 Å². The van der Waals surface area contributed by atoms with E-state index >= 15 is 0 Å². The average Bonchev–Trinajstić information content (AvgIpc) is 2.67. The van der Waals surface area contributed by atoms with Crippen molar-refractivity contribution in [3.8, 4) is 0 Å². The van der Waals surface area contributed by atoms with E-state index in [9.17, 15) is 0 Å². The van der Waals surface area contributed by atoms with Gasteiger partial charge in [0.25, 0.3) is 0 Å². The lowest BCUT2D eigenvalue weighted by atomic mass is 10.3. The van der Waals surface area contributed by atoms with Crippen molar-refractivity contribution in [1.29, 1.82) is 0 Å². The normalized spacial score (nSPS) is 8.00. The smallest absolute Gasteiger partial charge is 0.429 e. The van der Waals surface area contributed by atoms with Crippen LogP contribution in [0.15, 0.2) is 24.3 Å². The molecule has 0 atom stereocenters. The molecule has 4 N–H and O–H groups in total. The minimum Gasteiger partial charge on any atom is -0.429 e. The maximum Gasteiger partial charge on any atom is 0.482 e. The van der Waals surface area contributed by atoms with Crippen molar-refractivity contribution < 1.29 is 20.1 Å². The molecule has 15 heavy (non-hydrogen) atoms. The minimum atomic E-state index is 0. The largest absolute Gasteiger partial charge is 0.482 e. The second-order valence-electron chi connectivity index (χ2n) is 1.97. The van der Waals surface area contributed by atoms with Crippen molar-refractivity contribution in [3.05, 3.63) is 24.3 Å². The van der Waals surface area contributed by atoms with Gasteiger partial charge in [-0.15, -0.1) is 5.10 Å². The van der Waals surface area contributed by atoms with E-state index in [0.717, 1.165) is 10.2 Å². The van der Waals surface area contributed by atoms with Gasteiger partial charge in [-0.25, -0.2) is 0 Å². The van der Waals surface area contributed by atoms with Crippen LogP contribution in [-0.2, 0) is 0 Å². The summed E-state index contributed by atoms with van der Waals surface area (Å²) in [6.07, 6.45) is 0. The highest BCUT2D eigenvalue weighted by Crippen LogP contribution is 2.12. The van der Waals surface area contributed by atoms with Gasteiger partial charge in [0.1, 0.15) is 5.52 Å². The Morgan fingerprint density at radius 2 is 1.53 bits per heavy atom. The van der Waals surface area contributed by atoms with Gasteiger partial charge in [0, 0.05) is 0 Å². The molecule has 78 valence electrons. The van der Waals surface area contributed by atoms with E-state index in [1.807, 2.05) is 24.3 Å². The van der Waals surface area contributed by atoms with Crippen molar-refractivity contribution >= 4 is 37.1 Å². The Bertz CT molecular complexity index is 329. The fourth-order valence-electron chi connectivity index (χ4n) is 0.725. The third-order valence-electron chi connectivity index (χ3n) is 1.15. The summed E-state index contributed by atoms with van der Waals surface area (Å²) in [5.41, 5.74) is 0.988. The monoisotopic (exact) mass is 226 g/mol. The Morgan fingerprint density at radius 3 is 2.07 bits per heavy atom. The zero-order chi connectivity index (χ0) is 11.5. The quantitative estimate of drug-likeness (QED) is 0.416. The molecule has 0 bridgehead atoms. The number of fused-ring (bicyclic) bond motifs is 1. The number of hydrogen-bond acceptors (Lipinski definition) is 7. The molecule has 2 radical (unpaired) electrons. The van der Waals surface area contributed by atoms with Gasteiger partial charge in [-0.05, 0) is 23.7 Å². The second-order valence-corrected chi connectivity index (χ2v) is 2.76. The molecule has 6 nitrogen and oxygen atoms in total. The molecule has 0 fully saturated rings. The van der Waals surface area contributed by atoms with Crippen LogP contribution in [0.1, 0.15) is 0 Å². The molecule has 0 aliphatic carbocycles. The zero-order valence-electron chi connectivity index (χ0n) is 7.56. The van der Waals surface area contributed by atoms with Gasteiger partial charge in [-0.1, -0.05) is 16.6 Å². The van der Waals surface area contributed by atoms with Crippen LogP contribution >= 0.6 is 11.5 Å². The Labute approximate surface area is 91.6 Å². The first-order valence-corrected chi connectivity index (χ1v) is 4.44. The van der Waals surface area contributed by atoms with Gasteiger partial charge in [-0.2, -0.15) is 0 Å². The van der Waals surface area contributed by atoms with Crippen molar-refractivity contribution in [2.75, 3.05) is 0 Å². The molecule has 0 saturated heterocycles. The van der Waals surface area contributed by atoms with Gasteiger partial charge in [0.2, 0.25) is 0 Å². The molecule has 0 spiro atoms. The summed E-state index contributed by atoms with van der Waals surface area (Å²) in [5, 5.41) is 31.9. The molecule has 2 rings (SSSR count). The third kappa shape index (κ3) is 6.15. The Morgan fingerprint density at radius 1 is 1.00 bits per heavy atom. The maximum absolute atomic E-state index is 7.00. The van der Waals surface area contributed by atoms with E-state index in [4.69, 9.17) is 20.1 Å². The van der Waals surface area contributed by atoms with E-state index in [0.29, 0.717) is 0 Å². The summed E-state index contributed by atoms with van der Waals surface area (Å²) in [6.45, 7) is 0. The summed E-state index contributed by atoms with van der Waals surface area (Å²) in [6, 6.07) is 7.92. The van der Waals surface area contributed by atoms with E-state index in [2.05, 4.69) is 9.59 Å². The first kappa shape index (κ1) is 14.0. The summed E-state index contributed by atoms with van der Waals surface area (Å²) >= 11 is 1.43. The summed E-state index contributed by atoms with van der Waals surface area (Å²) in [7, 11) is 0. The molecule has 0 aliphatic heterocycles. The first-order valence-electron chi connectivity index (χ1n) is 3.67. The molecule has 2 aromatic rings. The molecule has 1 heterocycles. The van der Waals surface area contributed by atoms with Gasteiger partial charge >= 0.3 is 15.4 Å². The Hall–Kier alpha value is -0.990. The van der Waals surface area contributed by atoms with Crippen molar-refractivity contribution in [2.24, 2.45) is 0 Å². The molecule has 0 unspecified atom stereocenters. The van der Waals surface area contributed by atoms with E-state index in [-0.39, 0.29) is 15.4 Å². The summed E-state index contributed by atoms with van der Waals surface area (Å²) in [4.78, 5) is 0. The number of benzene rings is 1. The zero-order valence-corrected chi connectivity index (χ0v) is 8.37. The lowest BCUT2D eigenvalue weighted by molar-refractivity contribution is 0.447. The van der Waals surface area contributed by atoms with Crippen LogP contribution in [0.2, 0.25) is 0 Å². The number of nitrogens with zero attached hydrogens (tertiary/aromatic N) is 2. The fourth-order valence-corrected chi connectivity index (χ4v) is 1.28. The van der Waals surface area contributed by atoms with Crippen LogP contribution in [0.4, 0.5) is 0 Å². The highest BCUT2D eigenvalue weighted by molar-refractivity contribution is 7.12. The molecule has 1 aromatic carbocycles. The second kappa shape index (κ2) is 9.56. The fraction of sp³-hybridized carbons (Fsp3) is 0. The molecular formula is C6H8B2N2O4S. The highest BCUT2D eigenvalue weighted by atomic mass is 32.1. The van der Waals surface area contributed by atoms with Crippen LogP contribution in [0, 0.1) is 0 Å². The van der Waals surface area contributed by atoms with Gasteiger partial charge in [-0.3, -0.25) is 0 Å².